The van der Waals surface area contributed by atoms with Gasteiger partial charge >= 0.3 is 0 Å². The molecule has 0 aliphatic carbocycles. The molecule has 2 aromatic rings. The molecule has 0 fully saturated rings. The van der Waals surface area contributed by atoms with Crippen LogP contribution in [0.1, 0.15) is 5.56 Å². The molecular weight excluding hydrogens is 345 g/mol. The largest absolute Gasteiger partial charge is 0.490 e. The van der Waals surface area contributed by atoms with Crippen molar-refractivity contribution < 1.29 is 9.13 Å². The molecule has 1 N–H and O–H groups in total. The van der Waals surface area contributed by atoms with Gasteiger partial charge in [-0.2, -0.15) is 0 Å². The number of nitrogens with one attached hydrogen (secondary N) is 1. The SMILES string of the molecule is Cc1cccc(NCCOc2cc(F)c(Cl)cc2Br)c1. The molecule has 0 radical (unpaired) electrons. The Kier molecular flexibility index (Phi) is 5.26. The van der Waals surface area contributed by atoms with E-state index in [1.54, 1.807) is 0 Å². The van der Waals surface area contributed by atoms with E-state index in [-0.39, 0.29) is 5.02 Å². The Labute approximate surface area is 131 Å². The number of anilines is 1. The maximum atomic E-state index is 13.3. The number of rotatable bonds is 5. The Morgan fingerprint density at radius 2 is 2.10 bits per heavy atom. The van der Waals surface area contributed by atoms with Crippen molar-refractivity contribution in [1.82, 2.24) is 0 Å². The van der Waals surface area contributed by atoms with Crippen molar-refractivity contribution in [3.05, 3.63) is 57.3 Å². The van der Waals surface area contributed by atoms with Gasteiger partial charge in [-0.25, -0.2) is 4.39 Å². The minimum atomic E-state index is -0.489. The van der Waals surface area contributed by atoms with Crippen LogP contribution in [0, 0.1) is 12.7 Å². The van der Waals surface area contributed by atoms with Gasteiger partial charge in [0.15, 0.2) is 0 Å². The Morgan fingerprint density at radius 1 is 1.30 bits per heavy atom. The van der Waals surface area contributed by atoms with Crippen molar-refractivity contribution in [2.24, 2.45) is 0 Å². The Morgan fingerprint density at radius 3 is 2.85 bits per heavy atom. The molecule has 0 spiro atoms. The Bertz CT molecular complexity index is 606. The van der Waals surface area contributed by atoms with E-state index in [1.807, 2.05) is 25.1 Å². The van der Waals surface area contributed by atoms with Crippen molar-refractivity contribution in [3.63, 3.8) is 0 Å². The molecular formula is C15H14BrClFNO. The topological polar surface area (TPSA) is 21.3 Å². The van der Waals surface area contributed by atoms with Crippen LogP contribution in [0.4, 0.5) is 10.1 Å². The number of hydrogen-bond donors (Lipinski definition) is 1. The highest BCUT2D eigenvalue weighted by Gasteiger charge is 2.07. The number of aryl methyl sites for hydroxylation is 1. The molecule has 0 unspecified atom stereocenters. The second-order valence-corrected chi connectivity index (χ2v) is 5.60. The van der Waals surface area contributed by atoms with Gasteiger partial charge in [0.25, 0.3) is 0 Å². The van der Waals surface area contributed by atoms with Crippen molar-refractivity contribution >= 4 is 33.2 Å². The molecule has 0 atom stereocenters. The molecule has 0 saturated heterocycles. The summed E-state index contributed by atoms with van der Waals surface area (Å²) in [4.78, 5) is 0. The van der Waals surface area contributed by atoms with E-state index in [4.69, 9.17) is 16.3 Å². The predicted octanol–water partition coefficient (Wildman–Crippen LogP) is 5.04. The quantitative estimate of drug-likeness (QED) is 0.597. The first-order valence-electron chi connectivity index (χ1n) is 6.14. The number of halogens is 3. The summed E-state index contributed by atoms with van der Waals surface area (Å²) in [5.74, 6) is -0.0468. The van der Waals surface area contributed by atoms with Crippen LogP contribution in [-0.2, 0) is 0 Å². The van der Waals surface area contributed by atoms with E-state index in [9.17, 15) is 4.39 Å². The summed E-state index contributed by atoms with van der Waals surface area (Å²) in [6.45, 7) is 3.09. The lowest BCUT2D eigenvalue weighted by atomic mass is 10.2. The molecule has 20 heavy (non-hydrogen) atoms. The Hall–Kier alpha value is -1.26. The van der Waals surface area contributed by atoms with E-state index in [0.717, 1.165) is 5.69 Å². The van der Waals surface area contributed by atoms with E-state index >= 15 is 0 Å². The third kappa shape index (κ3) is 4.12. The maximum absolute atomic E-state index is 13.3. The van der Waals surface area contributed by atoms with Gasteiger partial charge in [-0.05, 0) is 46.6 Å². The fourth-order valence-corrected chi connectivity index (χ4v) is 2.48. The van der Waals surface area contributed by atoms with Gasteiger partial charge in [-0.3, -0.25) is 0 Å². The first kappa shape index (κ1) is 15.1. The van der Waals surface area contributed by atoms with Gasteiger partial charge < -0.3 is 10.1 Å². The highest BCUT2D eigenvalue weighted by atomic mass is 79.9. The molecule has 0 aliphatic heterocycles. The van der Waals surface area contributed by atoms with Crippen LogP contribution in [0.25, 0.3) is 0 Å². The number of ether oxygens (including phenoxy) is 1. The van der Waals surface area contributed by atoms with Gasteiger partial charge in [0, 0.05) is 18.3 Å². The second kappa shape index (κ2) is 6.95. The second-order valence-electron chi connectivity index (χ2n) is 4.34. The van der Waals surface area contributed by atoms with E-state index < -0.39 is 5.82 Å². The smallest absolute Gasteiger partial charge is 0.145 e. The fraction of sp³-hybridized carbons (Fsp3) is 0.200. The first-order chi connectivity index (χ1) is 9.56. The molecule has 0 aliphatic rings. The van der Waals surface area contributed by atoms with E-state index in [1.165, 1.54) is 17.7 Å². The number of benzene rings is 2. The third-order valence-corrected chi connectivity index (χ3v) is 3.59. The minimum Gasteiger partial charge on any atom is -0.490 e. The first-order valence-corrected chi connectivity index (χ1v) is 7.31. The summed E-state index contributed by atoms with van der Waals surface area (Å²) in [7, 11) is 0. The lowest BCUT2D eigenvalue weighted by Gasteiger charge is -2.11. The zero-order valence-corrected chi connectivity index (χ0v) is 13.3. The lowest BCUT2D eigenvalue weighted by Crippen LogP contribution is -2.11. The predicted molar refractivity (Wildman–Crippen MR) is 84.3 cm³/mol. The molecule has 2 aromatic carbocycles. The monoisotopic (exact) mass is 357 g/mol. The highest BCUT2D eigenvalue weighted by molar-refractivity contribution is 9.10. The van der Waals surface area contributed by atoms with Crippen molar-refractivity contribution in [3.8, 4) is 5.75 Å². The molecule has 2 rings (SSSR count). The molecule has 2 nitrogen and oxygen atoms in total. The van der Waals surface area contributed by atoms with Crippen LogP contribution in [-0.4, -0.2) is 13.2 Å². The molecule has 0 amide bonds. The summed E-state index contributed by atoms with van der Waals surface area (Å²) in [6, 6.07) is 10.8. The maximum Gasteiger partial charge on any atom is 0.145 e. The molecule has 106 valence electrons. The summed E-state index contributed by atoms with van der Waals surface area (Å²) in [5, 5.41) is 3.31. The average Bonchev–Trinajstić information content (AvgIpc) is 2.40. The minimum absolute atomic E-state index is 0.0714. The van der Waals surface area contributed by atoms with E-state index in [2.05, 4.69) is 27.3 Å². The summed E-state index contributed by atoms with van der Waals surface area (Å²) in [6.07, 6.45) is 0. The lowest BCUT2D eigenvalue weighted by molar-refractivity contribution is 0.329. The summed E-state index contributed by atoms with van der Waals surface area (Å²) in [5.41, 5.74) is 2.23. The molecule has 0 bridgehead atoms. The Balaban J connectivity index is 1.86. The van der Waals surface area contributed by atoms with Crippen LogP contribution in [0.3, 0.4) is 0 Å². The van der Waals surface area contributed by atoms with Gasteiger partial charge in [0.05, 0.1) is 9.50 Å². The molecule has 5 heteroatoms. The van der Waals surface area contributed by atoms with Crippen LogP contribution >= 0.6 is 27.5 Å². The summed E-state index contributed by atoms with van der Waals surface area (Å²) < 4.78 is 19.5. The average molecular weight is 359 g/mol. The van der Waals surface area contributed by atoms with Crippen LogP contribution in [0.2, 0.25) is 5.02 Å². The van der Waals surface area contributed by atoms with Crippen molar-refractivity contribution in [2.75, 3.05) is 18.5 Å². The molecule has 0 aromatic heterocycles. The van der Waals surface area contributed by atoms with Crippen LogP contribution in [0.5, 0.6) is 5.75 Å². The van der Waals surface area contributed by atoms with Crippen molar-refractivity contribution in [1.29, 1.82) is 0 Å². The van der Waals surface area contributed by atoms with E-state index in [0.29, 0.717) is 23.4 Å². The van der Waals surface area contributed by atoms with Gasteiger partial charge in [-0.15, -0.1) is 0 Å². The zero-order chi connectivity index (χ0) is 14.5. The fourth-order valence-electron chi connectivity index (χ4n) is 1.73. The third-order valence-electron chi connectivity index (χ3n) is 2.68. The summed E-state index contributed by atoms with van der Waals surface area (Å²) >= 11 is 8.96. The number of hydrogen-bond acceptors (Lipinski definition) is 2. The van der Waals surface area contributed by atoms with Gasteiger partial charge in [0.2, 0.25) is 0 Å². The standard InChI is InChI=1S/C15H14BrClFNO/c1-10-3-2-4-11(7-10)19-5-6-20-15-9-14(18)13(17)8-12(15)16/h2-4,7-9,19H,5-6H2,1H3. The van der Waals surface area contributed by atoms with Crippen LogP contribution < -0.4 is 10.1 Å². The van der Waals surface area contributed by atoms with Crippen molar-refractivity contribution in [2.45, 2.75) is 6.92 Å². The normalized spacial score (nSPS) is 10.4. The van der Waals surface area contributed by atoms with Gasteiger partial charge in [-0.1, -0.05) is 23.7 Å². The van der Waals surface area contributed by atoms with Crippen LogP contribution in [0.15, 0.2) is 40.9 Å². The molecule has 0 heterocycles. The highest BCUT2D eigenvalue weighted by Crippen LogP contribution is 2.30. The molecule has 0 saturated carbocycles. The van der Waals surface area contributed by atoms with Gasteiger partial charge in [0.1, 0.15) is 18.2 Å². The zero-order valence-electron chi connectivity index (χ0n) is 10.9.